The summed E-state index contributed by atoms with van der Waals surface area (Å²) in [5.41, 5.74) is -1.66. The maximum atomic E-state index is 13.8. The number of hydrogen-bond donors (Lipinski definition) is 2. The third kappa shape index (κ3) is 4.33. The lowest BCUT2D eigenvalue weighted by atomic mass is 9.99. The predicted molar refractivity (Wildman–Crippen MR) is 114 cm³/mol. The Balaban J connectivity index is 1.44. The van der Waals surface area contributed by atoms with Gasteiger partial charge in [-0.3, -0.25) is 9.59 Å². The minimum absolute atomic E-state index is 0.0131. The SMILES string of the molecule is O=C(CC(O)(c1nc2ccccc2s1)C(F)(F)F)NCc1ccc(N2CCCC2=O)cc1. The topological polar surface area (TPSA) is 82.5 Å². The van der Waals surface area contributed by atoms with E-state index in [1.54, 1.807) is 53.4 Å². The summed E-state index contributed by atoms with van der Waals surface area (Å²) in [6, 6.07) is 13.3. The Morgan fingerprint density at radius 3 is 2.50 bits per heavy atom. The van der Waals surface area contributed by atoms with Crippen LogP contribution in [0.5, 0.6) is 0 Å². The van der Waals surface area contributed by atoms with Gasteiger partial charge in [-0.05, 0) is 36.2 Å². The number of anilines is 1. The third-order valence-corrected chi connectivity index (χ3v) is 6.53. The summed E-state index contributed by atoms with van der Waals surface area (Å²) in [5, 5.41) is 12.4. The summed E-state index contributed by atoms with van der Waals surface area (Å²) < 4.78 is 41.8. The maximum absolute atomic E-state index is 13.8. The van der Waals surface area contributed by atoms with E-state index < -0.39 is 29.1 Å². The molecule has 0 saturated carbocycles. The van der Waals surface area contributed by atoms with Crippen molar-refractivity contribution in [3.05, 3.63) is 59.1 Å². The first-order valence-electron chi connectivity index (χ1n) is 9.98. The van der Waals surface area contributed by atoms with Crippen LogP contribution in [-0.2, 0) is 21.7 Å². The molecule has 1 saturated heterocycles. The summed E-state index contributed by atoms with van der Waals surface area (Å²) >= 11 is 0.708. The molecular formula is C22H20F3N3O3S. The zero-order valence-electron chi connectivity index (χ0n) is 16.9. The van der Waals surface area contributed by atoms with Gasteiger partial charge in [0.2, 0.25) is 17.4 Å². The molecule has 2 amide bonds. The molecule has 168 valence electrons. The van der Waals surface area contributed by atoms with Crippen molar-refractivity contribution in [1.82, 2.24) is 10.3 Å². The number of hydrogen-bond acceptors (Lipinski definition) is 5. The molecule has 2 N–H and O–H groups in total. The van der Waals surface area contributed by atoms with Gasteiger partial charge in [0, 0.05) is 25.2 Å². The molecule has 3 aromatic rings. The Morgan fingerprint density at radius 1 is 1.16 bits per heavy atom. The fraction of sp³-hybridized carbons (Fsp3) is 0.318. The molecule has 0 bridgehead atoms. The number of thiazole rings is 1. The van der Waals surface area contributed by atoms with Crippen LogP contribution in [0.1, 0.15) is 29.8 Å². The lowest BCUT2D eigenvalue weighted by molar-refractivity contribution is -0.267. The van der Waals surface area contributed by atoms with Gasteiger partial charge in [0.15, 0.2) is 0 Å². The van der Waals surface area contributed by atoms with Crippen LogP contribution in [-0.4, -0.2) is 34.6 Å². The highest BCUT2D eigenvalue weighted by atomic mass is 32.1. The quantitative estimate of drug-likeness (QED) is 0.581. The first-order valence-corrected chi connectivity index (χ1v) is 10.8. The number of fused-ring (bicyclic) bond motifs is 1. The molecule has 1 aliphatic heterocycles. The van der Waals surface area contributed by atoms with Gasteiger partial charge < -0.3 is 15.3 Å². The van der Waals surface area contributed by atoms with E-state index in [-0.39, 0.29) is 12.5 Å². The number of para-hydroxylation sites is 1. The number of aliphatic hydroxyl groups is 1. The van der Waals surface area contributed by atoms with E-state index in [0.29, 0.717) is 40.1 Å². The van der Waals surface area contributed by atoms with Gasteiger partial charge in [0.05, 0.1) is 16.6 Å². The standard InChI is InChI=1S/C22H20F3N3O3S/c23-22(24,25)21(31,20-27-16-4-1-2-5-17(16)32-20)12-18(29)26-13-14-7-9-15(10-8-14)28-11-3-6-19(28)30/h1-2,4-5,7-10,31H,3,6,11-13H2,(H,26,29). The smallest absolute Gasteiger partial charge is 0.374 e. The minimum atomic E-state index is -5.08. The van der Waals surface area contributed by atoms with E-state index in [2.05, 4.69) is 10.3 Å². The Kier molecular flexibility index (Phi) is 5.91. The second-order valence-electron chi connectivity index (χ2n) is 7.61. The second-order valence-corrected chi connectivity index (χ2v) is 8.64. The van der Waals surface area contributed by atoms with E-state index in [1.807, 2.05) is 0 Å². The number of alkyl halides is 3. The minimum Gasteiger partial charge on any atom is -0.374 e. The molecule has 1 atom stereocenters. The maximum Gasteiger partial charge on any atom is 0.424 e. The fourth-order valence-electron chi connectivity index (χ4n) is 3.56. The largest absolute Gasteiger partial charge is 0.424 e. The van der Waals surface area contributed by atoms with Crippen LogP contribution in [0.4, 0.5) is 18.9 Å². The highest BCUT2D eigenvalue weighted by Crippen LogP contribution is 2.44. The van der Waals surface area contributed by atoms with Crippen molar-refractivity contribution in [2.75, 3.05) is 11.4 Å². The molecule has 10 heteroatoms. The Labute approximate surface area is 185 Å². The van der Waals surface area contributed by atoms with Crippen molar-refractivity contribution in [1.29, 1.82) is 0 Å². The van der Waals surface area contributed by atoms with Crippen LogP contribution in [0.25, 0.3) is 10.2 Å². The highest BCUT2D eigenvalue weighted by molar-refractivity contribution is 7.18. The summed E-state index contributed by atoms with van der Waals surface area (Å²) in [7, 11) is 0. The average Bonchev–Trinajstić information content (AvgIpc) is 3.38. The fourth-order valence-corrected chi connectivity index (χ4v) is 4.63. The lowest BCUT2D eigenvalue weighted by Crippen LogP contribution is -2.46. The highest BCUT2D eigenvalue weighted by Gasteiger charge is 2.58. The zero-order valence-corrected chi connectivity index (χ0v) is 17.7. The van der Waals surface area contributed by atoms with Gasteiger partial charge in [-0.15, -0.1) is 11.3 Å². The number of halogens is 3. The van der Waals surface area contributed by atoms with Crippen LogP contribution in [0.15, 0.2) is 48.5 Å². The monoisotopic (exact) mass is 463 g/mol. The predicted octanol–water partition coefficient (Wildman–Crippen LogP) is 3.88. The van der Waals surface area contributed by atoms with Crippen LogP contribution in [0, 0.1) is 0 Å². The molecular weight excluding hydrogens is 443 g/mol. The van der Waals surface area contributed by atoms with Crippen molar-refractivity contribution in [3.63, 3.8) is 0 Å². The summed E-state index contributed by atoms with van der Waals surface area (Å²) in [6.07, 6.45) is -4.97. The Morgan fingerprint density at radius 2 is 1.88 bits per heavy atom. The molecule has 0 spiro atoms. The Bertz CT molecular complexity index is 1110. The summed E-state index contributed by atoms with van der Waals surface area (Å²) in [6.45, 7) is 0.636. The molecule has 1 aliphatic rings. The molecule has 1 fully saturated rings. The zero-order chi connectivity index (χ0) is 22.9. The number of benzene rings is 2. The molecule has 0 aliphatic carbocycles. The van der Waals surface area contributed by atoms with Crippen LogP contribution < -0.4 is 10.2 Å². The molecule has 2 heterocycles. The van der Waals surface area contributed by atoms with Crippen LogP contribution >= 0.6 is 11.3 Å². The average molecular weight is 463 g/mol. The number of amides is 2. The third-order valence-electron chi connectivity index (χ3n) is 5.34. The molecule has 1 aromatic heterocycles. The van der Waals surface area contributed by atoms with E-state index in [4.69, 9.17) is 0 Å². The van der Waals surface area contributed by atoms with Crippen LogP contribution in [0.2, 0.25) is 0 Å². The van der Waals surface area contributed by atoms with E-state index in [1.165, 1.54) is 0 Å². The summed E-state index contributed by atoms with van der Waals surface area (Å²) in [5.74, 6) is -0.907. The van der Waals surface area contributed by atoms with Gasteiger partial charge in [0.1, 0.15) is 5.01 Å². The van der Waals surface area contributed by atoms with Crippen molar-refractivity contribution in [2.45, 2.75) is 37.6 Å². The van der Waals surface area contributed by atoms with E-state index >= 15 is 0 Å². The van der Waals surface area contributed by atoms with Crippen molar-refractivity contribution < 1.29 is 27.9 Å². The second kappa shape index (κ2) is 8.51. The van der Waals surface area contributed by atoms with Crippen LogP contribution in [0.3, 0.4) is 0 Å². The molecule has 6 nitrogen and oxygen atoms in total. The molecule has 0 radical (unpaired) electrons. The first-order chi connectivity index (χ1) is 15.2. The number of carbonyl (C=O) groups is 2. The van der Waals surface area contributed by atoms with Crippen molar-refractivity contribution in [3.8, 4) is 0 Å². The summed E-state index contributed by atoms with van der Waals surface area (Å²) in [4.78, 5) is 29.7. The van der Waals surface area contributed by atoms with Gasteiger partial charge in [-0.2, -0.15) is 13.2 Å². The van der Waals surface area contributed by atoms with E-state index in [0.717, 1.165) is 12.1 Å². The molecule has 1 unspecified atom stereocenters. The molecule has 2 aromatic carbocycles. The number of rotatable bonds is 6. The van der Waals surface area contributed by atoms with Crippen molar-refractivity contribution >= 4 is 39.1 Å². The number of nitrogens with zero attached hydrogens (tertiary/aromatic N) is 2. The van der Waals surface area contributed by atoms with E-state index in [9.17, 15) is 27.9 Å². The first kappa shape index (κ1) is 22.2. The number of nitrogens with one attached hydrogen (secondary N) is 1. The van der Waals surface area contributed by atoms with Gasteiger partial charge in [-0.25, -0.2) is 4.98 Å². The molecule has 4 rings (SSSR count). The van der Waals surface area contributed by atoms with Gasteiger partial charge >= 0.3 is 6.18 Å². The number of aromatic nitrogens is 1. The number of carbonyl (C=O) groups excluding carboxylic acids is 2. The van der Waals surface area contributed by atoms with Crippen molar-refractivity contribution in [2.24, 2.45) is 0 Å². The molecule has 32 heavy (non-hydrogen) atoms. The van der Waals surface area contributed by atoms with Gasteiger partial charge in [-0.1, -0.05) is 24.3 Å². The normalized spacial score (nSPS) is 16.4. The lowest BCUT2D eigenvalue weighted by Gasteiger charge is -2.27. The Hall–Kier alpha value is -2.98. The van der Waals surface area contributed by atoms with Gasteiger partial charge in [0.25, 0.3) is 0 Å².